The standard InChI is InChI=1S/C14H21NO2S/c1-3-15-11-14(18(2,16)17)9-13(10-14)12-7-5-4-6-8-12/h4-8,13,15H,3,9-11H2,1-2H3. The van der Waals surface area contributed by atoms with E-state index in [0.29, 0.717) is 12.5 Å². The van der Waals surface area contributed by atoms with Crippen molar-refractivity contribution in [2.75, 3.05) is 19.3 Å². The number of hydrogen-bond donors (Lipinski definition) is 1. The van der Waals surface area contributed by atoms with Crippen molar-refractivity contribution in [2.24, 2.45) is 0 Å². The molecule has 1 aliphatic carbocycles. The van der Waals surface area contributed by atoms with Crippen LogP contribution < -0.4 is 5.32 Å². The first-order valence-corrected chi connectivity index (χ1v) is 8.33. The molecule has 18 heavy (non-hydrogen) atoms. The smallest absolute Gasteiger partial charge is 0.154 e. The van der Waals surface area contributed by atoms with Crippen LogP contribution in [0.4, 0.5) is 0 Å². The molecule has 0 spiro atoms. The molecule has 0 radical (unpaired) electrons. The topological polar surface area (TPSA) is 46.2 Å². The molecule has 0 unspecified atom stereocenters. The summed E-state index contributed by atoms with van der Waals surface area (Å²) < 4.78 is 23.4. The number of rotatable bonds is 5. The molecule has 100 valence electrons. The van der Waals surface area contributed by atoms with Crippen LogP contribution in [0.15, 0.2) is 30.3 Å². The summed E-state index contributed by atoms with van der Waals surface area (Å²) in [5.74, 6) is 0.389. The van der Waals surface area contributed by atoms with Crippen molar-refractivity contribution in [3.05, 3.63) is 35.9 Å². The first-order chi connectivity index (χ1) is 8.48. The lowest BCUT2D eigenvalue weighted by Crippen LogP contribution is -2.55. The fourth-order valence-corrected chi connectivity index (χ4v) is 4.10. The Balaban J connectivity index is 2.11. The van der Waals surface area contributed by atoms with Gasteiger partial charge in [-0.25, -0.2) is 8.42 Å². The van der Waals surface area contributed by atoms with E-state index in [2.05, 4.69) is 17.4 Å². The van der Waals surface area contributed by atoms with Gasteiger partial charge in [-0.05, 0) is 30.9 Å². The Morgan fingerprint density at radius 1 is 1.28 bits per heavy atom. The molecule has 0 amide bonds. The molecule has 2 rings (SSSR count). The molecule has 1 saturated carbocycles. The zero-order chi connectivity index (χ0) is 13.2. The molecule has 3 nitrogen and oxygen atoms in total. The molecule has 1 aromatic carbocycles. The zero-order valence-electron chi connectivity index (χ0n) is 11.0. The van der Waals surface area contributed by atoms with E-state index in [4.69, 9.17) is 0 Å². The molecular formula is C14H21NO2S. The summed E-state index contributed by atoms with van der Waals surface area (Å²) in [6.45, 7) is 3.39. The Hall–Kier alpha value is -0.870. The van der Waals surface area contributed by atoms with Crippen LogP contribution in [0.1, 0.15) is 31.2 Å². The van der Waals surface area contributed by atoms with E-state index in [1.54, 1.807) is 0 Å². The van der Waals surface area contributed by atoms with Gasteiger partial charge in [-0.15, -0.1) is 0 Å². The van der Waals surface area contributed by atoms with Gasteiger partial charge in [-0.1, -0.05) is 37.3 Å². The maximum absolute atomic E-state index is 12.0. The Morgan fingerprint density at radius 2 is 1.89 bits per heavy atom. The molecular weight excluding hydrogens is 246 g/mol. The maximum Gasteiger partial charge on any atom is 0.154 e. The second-order valence-electron chi connectivity index (χ2n) is 5.25. The first kappa shape index (κ1) is 13.6. The Bertz CT molecular complexity index is 490. The van der Waals surface area contributed by atoms with Gasteiger partial charge in [-0.2, -0.15) is 0 Å². The van der Waals surface area contributed by atoms with Crippen molar-refractivity contribution in [1.82, 2.24) is 5.32 Å². The minimum Gasteiger partial charge on any atom is -0.315 e. The summed E-state index contributed by atoms with van der Waals surface area (Å²) in [6.07, 6.45) is 2.84. The average Bonchev–Trinajstić information content (AvgIpc) is 2.27. The van der Waals surface area contributed by atoms with E-state index >= 15 is 0 Å². The lowest BCUT2D eigenvalue weighted by molar-refractivity contribution is 0.279. The fourth-order valence-electron chi connectivity index (χ4n) is 2.73. The summed E-state index contributed by atoms with van der Waals surface area (Å²) in [5, 5.41) is 3.19. The van der Waals surface area contributed by atoms with Crippen molar-refractivity contribution in [3.8, 4) is 0 Å². The number of benzene rings is 1. The van der Waals surface area contributed by atoms with Crippen molar-refractivity contribution < 1.29 is 8.42 Å². The molecule has 0 aliphatic heterocycles. The van der Waals surface area contributed by atoms with Crippen LogP contribution in [-0.4, -0.2) is 32.5 Å². The summed E-state index contributed by atoms with van der Waals surface area (Å²) in [5.41, 5.74) is 1.26. The molecule has 0 bridgehead atoms. The van der Waals surface area contributed by atoms with Crippen LogP contribution in [0.2, 0.25) is 0 Å². The Morgan fingerprint density at radius 3 is 2.39 bits per heavy atom. The number of sulfone groups is 1. The molecule has 4 heteroatoms. The van der Waals surface area contributed by atoms with Crippen LogP contribution >= 0.6 is 0 Å². The van der Waals surface area contributed by atoms with Gasteiger partial charge in [0, 0.05) is 12.8 Å². The summed E-state index contributed by atoms with van der Waals surface area (Å²) in [6, 6.07) is 10.2. The number of nitrogens with one attached hydrogen (secondary N) is 1. The molecule has 1 N–H and O–H groups in total. The predicted molar refractivity (Wildman–Crippen MR) is 74.5 cm³/mol. The van der Waals surface area contributed by atoms with E-state index in [-0.39, 0.29) is 0 Å². The minimum atomic E-state index is -3.00. The maximum atomic E-state index is 12.0. The van der Waals surface area contributed by atoms with Crippen molar-refractivity contribution in [2.45, 2.75) is 30.4 Å². The van der Waals surface area contributed by atoms with E-state index in [1.165, 1.54) is 11.8 Å². The van der Waals surface area contributed by atoms with E-state index in [1.807, 2.05) is 25.1 Å². The van der Waals surface area contributed by atoms with Gasteiger partial charge in [0.15, 0.2) is 9.84 Å². The highest BCUT2D eigenvalue weighted by molar-refractivity contribution is 7.92. The van der Waals surface area contributed by atoms with Crippen LogP contribution in [-0.2, 0) is 9.84 Å². The Labute approximate surface area is 110 Å². The lowest BCUT2D eigenvalue weighted by atomic mass is 9.70. The molecule has 0 heterocycles. The average molecular weight is 267 g/mol. The van der Waals surface area contributed by atoms with Gasteiger partial charge in [-0.3, -0.25) is 0 Å². The second-order valence-corrected chi connectivity index (χ2v) is 7.66. The monoisotopic (exact) mass is 267 g/mol. The molecule has 1 aromatic rings. The fraction of sp³-hybridized carbons (Fsp3) is 0.571. The van der Waals surface area contributed by atoms with Gasteiger partial charge in [0.05, 0.1) is 4.75 Å². The van der Waals surface area contributed by atoms with Crippen molar-refractivity contribution >= 4 is 9.84 Å². The van der Waals surface area contributed by atoms with E-state index in [0.717, 1.165) is 19.4 Å². The molecule has 0 atom stereocenters. The van der Waals surface area contributed by atoms with Crippen LogP contribution in [0.25, 0.3) is 0 Å². The first-order valence-electron chi connectivity index (χ1n) is 6.44. The van der Waals surface area contributed by atoms with Gasteiger partial charge in [0.25, 0.3) is 0 Å². The SMILES string of the molecule is CCNCC1(S(C)(=O)=O)CC(c2ccccc2)C1. The highest BCUT2D eigenvalue weighted by atomic mass is 32.2. The molecule has 0 saturated heterocycles. The molecule has 1 aliphatic rings. The van der Waals surface area contributed by atoms with Gasteiger partial charge in [0.1, 0.15) is 0 Å². The molecule has 0 aromatic heterocycles. The van der Waals surface area contributed by atoms with Crippen molar-refractivity contribution in [1.29, 1.82) is 0 Å². The normalized spacial score (nSPS) is 27.8. The summed E-state index contributed by atoms with van der Waals surface area (Å²) in [7, 11) is -3.00. The highest BCUT2D eigenvalue weighted by Gasteiger charge is 2.51. The van der Waals surface area contributed by atoms with Gasteiger partial charge >= 0.3 is 0 Å². The third-order valence-corrected chi connectivity index (χ3v) is 6.04. The summed E-state index contributed by atoms with van der Waals surface area (Å²) >= 11 is 0. The molecule has 1 fully saturated rings. The Kier molecular flexibility index (Phi) is 3.78. The van der Waals surface area contributed by atoms with Gasteiger partial charge < -0.3 is 5.32 Å². The highest BCUT2D eigenvalue weighted by Crippen LogP contribution is 2.48. The van der Waals surface area contributed by atoms with Gasteiger partial charge in [0.2, 0.25) is 0 Å². The zero-order valence-corrected chi connectivity index (χ0v) is 11.8. The predicted octanol–water partition coefficient (Wildman–Crippen LogP) is 1.96. The van der Waals surface area contributed by atoms with Crippen LogP contribution in [0.3, 0.4) is 0 Å². The third kappa shape index (κ3) is 2.45. The summed E-state index contributed by atoms with van der Waals surface area (Å²) in [4.78, 5) is 0. The van der Waals surface area contributed by atoms with E-state index < -0.39 is 14.6 Å². The quantitative estimate of drug-likeness (QED) is 0.887. The van der Waals surface area contributed by atoms with E-state index in [9.17, 15) is 8.42 Å². The second kappa shape index (κ2) is 5.02. The van der Waals surface area contributed by atoms with Crippen LogP contribution in [0, 0.1) is 0 Å². The lowest BCUT2D eigenvalue weighted by Gasteiger charge is -2.46. The van der Waals surface area contributed by atoms with Crippen molar-refractivity contribution in [3.63, 3.8) is 0 Å². The minimum absolute atomic E-state index is 0.389. The van der Waals surface area contributed by atoms with Crippen LogP contribution in [0.5, 0.6) is 0 Å². The number of hydrogen-bond acceptors (Lipinski definition) is 3. The largest absolute Gasteiger partial charge is 0.315 e. The third-order valence-electron chi connectivity index (χ3n) is 3.99.